The molecule has 3 rings (SSSR count). The summed E-state index contributed by atoms with van der Waals surface area (Å²) in [7, 11) is 0. The van der Waals surface area contributed by atoms with E-state index in [2.05, 4.69) is 23.0 Å². The molecule has 4 heteroatoms. The second kappa shape index (κ2) is 3.84. The minimum Gasteiger partial charge on any atom is -0.357 e. The minimum absolute atomic E-state index is 0.644. The molecule has 0 saturated heterocycles. The second-order valence-corrected chi connectivity index (χ2v) is 4.46. The van der Waals surface area contributed by atoms with Gasteiger partial charge in [-0.1, -0.05) is 0 Å². The van der Waals surface area contributed by atoms with Crippen LogP contribution in [0.2, 0.25) is 0 Å². The number of aromatic amines is 1. The fourth-order valence-corrected chi connectivity index (χ4v) is 2.01. The molecule has 1 N–H and O–H groups in total. The molecule has 0 unspecified atom stereocenters. The van der Waals surface area contributed by atoms with Crippen LogP contribution >= 0.6 is 0 Å². The highest BCUT2D eigenvalue weighted by atomic mass is 16.1. The molecule has 0 fully saturated rings. The molecule has 90 valence electrons. The molecular weight excluding hydrogens is 226 g/mol. The highest BCUT2D eigenvalue weighted by molar-refractivity contribution is 5.75. The summed E-state index contributed by atoms with van der Waals surface area (Å²) >= 11 is 0. The fraction of sp³-hybridized carbons (Fsp3) is 0.143. The van der Waals surface area contributed by atoms with Crippen LogP contribution in [0.4, 0.5) is 0 Å². The molecule has 0 amide bonds. The minimum atomic E-state index is 0.644. The van der Waals surface area contributed by atoms with E-state index in [9.17, 15) is 4.79 Å². The number of nitrogens with one attached hydrogen (secondary N) is 1. The number of nitrogens with zero attached hydrogens (tertiary/aromatic N) is 2. The number of aldehydes is 1. The highest BCUT2D eigenvalue weighted by Crippen LogP contribution is 2.21. The molecule has 0 spiro atoms. The third kappa shape index (κ3) is 1.62. The SMILES string of the molecule is Cc1cc(-c2cn3cc(C=O)ccc3n2)[nH]c1C. The Morgan fingerprint density at radius 2 is 2.11 bits per heavy atom. The largest absolute Gasteiger partial charge is 0.357 e. The van der Waals surface area contributed by atoms with Crippen molar-refractivity contribution >= 4 is 11.9 Å². The molecule has 18 heavy (non-hydrogen) atoms. The number of imidazole rings is 1. The van der Waals surface area contributed by atoms with Gasteiger partial charge in [0.05, 0.1) is 5.69 Å². The summed E-state index contributed by atoms with van der Waals surface area (Å²) in [4.78, 5) is 18.6. The molecule has 0 saturated carbocycles. The average molecular weight is 239 g/mol. The summed E-state index contributed by atoms with van der Waals surface area (Å²) in [6.07, 6.45) is 4.54. The van der Waals surface area contributed by atoms with Crippen LogP contribution in [0, 0.1) is 13.8 Å². The number of hydrogen-bond acceptors (Lipinski definition) is 2. The molecule has 0 radical (unpaired) electrons. The Bertz CT molecular complexity index is 717. The van der Waals surface area contributed by atoms with Crippen molar-refractivity contribution in [2.24, 2.45) is 0 Å². The van der Waals surface area contributed by atoms with Crippen LogP contribution in [0.1, 0.15) is 21.6 Å². The summed E-state index contributed by atoms with van der Waals surface area (Å²) in [5.74, 6) is 0. The van der Waals surface area contributed by atoms with Gasteiger partial charge in [0.2, 0.25) is 0 Å². The first kappa shape index (κ1) is 10.8. The molecule has 3 aromatic heterocycles. The van der Waals surface area contributed by atoms with Crippen molar-refractivity contribution < 1.29 is 4.79 Å². The van der Waals surface area contributed by atoms with E-state index in [1.165, 1.54) is 5.56 Å². The molecular formula is C14H13N3O. The zero-order valence-corrected chi connectivity index (χ0v) is 10.3. The van der Waals surface area contributed by atoms with Gasteiger partial charge in [0, 0.05) is 23.7 Å². The Morgan fingerprint density at radius 3 is 2.78 bits per heavy atom. The van der Waals surface area contributed by atoms with Crippen LogP contribution in [-0.4, -0.2) is 20.7 Å². The van der Waals surface area contributed by atoms with Gasteiger partial charge in [0.15, 0.2) is 6.29 Å². The highest BCUT2D eigenvalue weighted by Gasteiger charge is 2.08. The second-order valence-electron chi connectivity index (χ2n) is 4.46. The third-order valence-corrected chi connectivity index (χ3v) is 3.16. The molecule has 3 heterocycles. The number of fused-ring (bicyclic) bond motifs is 1. The normalized spacial score (nSPS) is 11.0. The van der Waals surface area contributed by atoms with Gasteiger partial charge >= 0.3 is 0 Å². The smallest absolute Gasteiger partial charge is 0.151 e. The lowest BCUT2D eigenvalue weighted by atomic mass is 10.2. The van der Waals surface area contributed by atoms with E-state index in [1.54, 1.807) is 12.3 Å². The van der Waals surface area contributed by atoms with Crippen LogP contribution in [0.25, 0.3) is 17.0 Å². The van der Waals surface area contributed by atoms with Crippen molar-refractivity contribution in [1.82, 2.24) is 14.4 Å². The number of carbonyl (C=O) groups is 1. The first-order chi connectivity index (χ1) is 8.67. The summed E-state index contributed by atoms with van der Waals surface area (Å²) in [6, 6.07) is 5.69. The van der Waals surface area contributed by atoms with Gasteiger partial charge in [-0.05, 0) is 37.6 Å². The van der Waals surface area contributed by atoms with Crippen molar-refractivity contribution in [3.05, 3.63) is 47.4 Å². The monoisotopic (exact) mass is 239 g/mol. The predicted octanol–water partition coefficient (Wildman–Crippen LogP) is 2.76. The lowest BCUT2D eigenvalue weighted by Gasteiger charge is -1.92. The van der Waals surface area contributed by atoms with Crippen molar-refractivity contribution in [3.63, 3.8) is 0 Å². The molecule has 0 aliphatic carbocycles. The van der Waals surface area contributed by atoms with Crippen LogP contribution in [0.3, 0.4) is 0 Å². The zero-order chi connectivity index (χ0) is 12.7. The number of aromatic nitrogens is 3. The number of rotatable bonds is 2. The van der Waals surface area contributed by atoms with Crippen LogP contribution in [0.5, 0.6) is 0 Å². The first-order valence-corrected chi connectivity index (χ1v) is 5.78. The van der Waals surface area contributed by atoms with E-state index >= 15 is 0 Å². The van der Waals surface area contributed by atoms with Gasteiger partial charge in [-0.3, -0.25) is 4.79 Å². The maximum atomic E-state index is 10.7. The summed E-state index contributed by atoms with van der Waals surface area (Å²) < 4.78 is 1.87. The van der Waals surface area contributed by atoms with E-state index in [0.29, 0.717) is 5.56 Å². The van der Waals surface area contributed by atoms with Gasteiger partial charge in [-0.25, -0.2) is 4.98 Å². The summed E-state index contributed by atoms with van der Waals surface area (Å²) in [5.41, 5.74) is 5.73. The maximum Gasteiger partial charge on any atom is 0.151 e. The van der Waals surface area contributed by atoms with E-state index in [4.69, 9.17) is 0 Å². The van der Waals surface area contributed by atoms with Crippen molar-refractivity contribution in [1.29, 1.82) is 0 Å². The van der Waals surface area contributed by atoms with Crippen LogP contribution < -0.4 is 0 Å². The van der Waals surface area contributed by atoms with E-state index < -0.39 is 0 Å². The molecule has 0 atom stereocenters. The maximum absolute atomic E-state index is 10.7. The van der Waals surface area contributed by atoms with Crippen molar-refractivity contribution in [3.8, 4) is 11.4 Å². The predicted molar refractivity (Wildman–Crippen MR) is 69.8 cm³/mol. The summed E-state index contributed by atoms with van der Waals surface area (Å²) in [5, 5.41) is 0. The van der Waals surface area contributed by atoms with Gasteiger partial charge in [-0.2, -0.15) is 0 Å². The van der Waals surface area contributed by atoms with Gasteiger partial charge in [0.25, 0.3) is 0 Å². The Hall–Kier alpha value is -2.36. The molecule has 3 aromatic rings. The first-order valence-electron chi connectivity index (χ1n) is 5.78. The fourth-order valence-electron chi connectivity index (χ4n) is 2.01. The molecule has 0 aliphatic rings. The third-order valence-electron chi connectivity index (χ3n) is 3.16. The van der Waals surface area contributed by atoms with Gasteiger partial charge < -0.3 is 9.38 Å². The number of carbonyl (C=O) groups excluding carboxylic acids is 1. The van der Waals surface area contributed by atoms with E-state index in [0.717, 1.165) is 29.0 Å². The Morgan fingerprint density at radius 1 is 1.28 bits per heavy atom. The zero-order valence-electron chi connectivity index (χ0n) is 10.3. The Balaban J connectivity index is 2.15. The standard InChI is InChI=1S/C14H13N3O/c1-9-5-12(15-10(9)2)13-7-17-6-11(8-18)3-4-14(17)16-13/h3-8,15H,1-2H3. The molecule has 4 nitrogen and oxygen atoms in total. The van der Waals surface area contributed by atoms with Gasteiger partial charge in [-0.15, -0.1) is 0 Å². The molecule has 0 aromatic carbocycles. The van der Waals surface area contributed by atoms with E-state index in [1.807, 2.05) is 23.6 Å². The van der Waals surface area contributed by atoms with Crippen molar-refractivity contribution in [2.75, 3.05) is 0 Å². The average Bonchev–Trinajstić information content (AvgIpc) is 2.92. The lowest BCUT2D eigenvalue weighted by Crippen LogP contribution is -1.86. The Kier molecular flexibility index (Phi) is 2.30. The summed E-state index contributed by atoms with van der Waals surface area (Å²) in [6.45, 7) is 4.11. The number of aryl methyl sites for hydroxylation is 2. The topological polar surface area (TPSA) is 50.2 Å². The lowest BCUT2D eigenvalue weighted by molar-refractivity contribution is 0.112. The van der Waals surface area contributed by atoms with Crippen molar-refractivity contribution in [2.45, 2.75) is 13.8 Å². The number of hydrogen-bond donors (Lipinski definition) is 1. The molecule has 0 bridgehead atoms. The quantitative estimate of drug-likeness (QED) is 0.699. The Labute approximate surface area is 104 Å². The van der Waals surface area contributed by atoms with E-state index in [-0.39, 0.29) is 0 Å². The molecule has 0 aliphatic heterocycles. The number of pyridine rings is 1. The number of H-pyrrole nitrogens is 1. The van der Waals surface area contributed by atoms with Crippen LogP contribution in [0.15, 0.2) is 30.6 Å². The van der Waals surface area contributed by atoms with Crippen LogP contribution in [-0.2, 0) is 0 Å². The van der Waals surface area contributed by atoms with Gasteiger partial charge in [0.1, 0.15) is 11.3 Å².